The lowest BCUT2D eigenvalue weighted by molar-refractivity contribution is 0.218. The number of hydrogen-bond acceptors (Lipinski definition) is 4. The lowest BCUT2D eigenvalue weighted by Crippen LogP contribution is -2.32. The van der Waals surface area contributed by atoms with Gasteiger partial charge in [0.1, 0.15) is 0 Å². The van der Waals surface area contributed by atoms with Crippen molar-refractivity contribution in [3.05, 3.63) is 22.7 Å². The largest absolute Gasteiger partial charge is 0.493 e. The minimum Gasteiger partial charge on any atom is -0.493 e. The number of ether oxygens (including phenoxy) is 2. The van der Waals surface area contributed by atoms with Gasteiger partial charge < -0.3 is 14.4 Å². The molecule has 2 atom stereocenters. The van der Waals surface area contributed by atoms with Gasteiger partial charge in [0, 0.05) is 42.3 Å². The monoisotopic (exact) mass is 338 g/mol. The third kappa shape index (κ3) is 3.59. The van der Waals surface area contributed by atoms with Gasteiger partial charge in [-0.15, -0.1) is 0 Å². The Bertz CT molecular complexity index is 564. The molecule has 4 nitrogen and oxygen atoms in total. The van der Waals surface area contributed by atoms with Crippen LogP contribution in [-0.2, 0) is 6.54 Å². The zero-order chi connectivity index (χ0) is 16.6. The molecule has 128 valence electrons. The Hall–Kier alpha value is -0.970. The SMILES string of the molecule is COc1cc(Cl)cc(CN2C[C@@H]3CCN(C)[C@@H]3C2)c1OC(C)C. The summed E-state index contributed by atoms with van der Waals surface area (Å²) in [5.74, 6) is 2.35. The maximum Gasteiger partial charge on any atom is 0.166 e. The summed E-state index contributed by atoms with van der Waals surface area (Å²) in [6, 6.07) is 4.54. The number of likely N-dealkylation sites (N-methyl/N-ethyl adjacent to an activating group) is 1. The fraction of sp³-hybridized carbons (Fsp3) is 0.667. The normalized spacial score (nSPS) is 25.1. The molecule has 0 saturated carbocycles. The summed E-state index contributed by atoms with van der Waals surface area (Å²) in [6.07, 6.45) is 1.42. The predicted octanol–water partition coefficient (Wildman–Crippen LogP) is 3.27. The summed E-state index contributed by atoms with van der Waals surface area (Å²) < 4.78 is 11.5. The third-order valence-corrected chi connectivity index (χ3v) is 5.18. The van der Waals surface area contributed by atoms with E-state index in [9.17, 15) is 0 Å². The van der Waals surface area contributed by atoms with Crippen LogP contribution in [0.15, 0.2) is 12.1 Å². The number of methoxy groups -OCH3 is 1. The van der Waals surface area contributed by atoms with Gasteiger partial charge in [0.2, 0.25) is 0 Å². The van der Waals surface area contributed by atoms with Crippen molar-refractivity contribution in [1.82, 2.24) is 9.80 Å². The van der Waals surface area contributed by atoms with Gasteiger partial charge in [-0.3, -0.25) is 4.90 Å². The van der Waals surface area contributed by atoms with Crippen molar-refractivity contribution in [3.63, 3.8) is 0 Å². The van der Waals surface area contributed by atoms with Gasteiger partial charge in [0.25, 0.3) is 0 Å². The van der Waals surface area contributed by atoms with Gasteiger partial charge in [-0.1, -0.05) is 11.6 Å². The molecule has 0 radical (unpaired) electrons. The molecule has 2 aliphatic heterocycles. The van der Waals surface area contributed by atoms with Crippen LogP contribution in [0, 0.1) is 5.92 Å². The van der Waals surface area contributed by atoms with Gasteiger partial charge in [0.05, 0.1) is 13.2 Å². The maximum absolute atomic E-state index is 6.28. The Labute approximate surface area is 144 Å². The van der Waals surface area contributed by atoms with Crippen molar-refractivity contribution >= 4 is 11.6 Å². The molecule has 0 bridgehead atoms. The van der Waals surface area contributed by atoms with E-state index in [4.69, 9.17) is 21.1 Å². The van der Waals surface area contributed by atoms with Crippen molar-refractivity contribution in [2.24, 2.45) is 5.92 Å². The number of rotatable bonds is 5. The molecule has 23 heavy (non-hydrogen) atoms. The number of benzene rings is 1. The zero-order valence-corrected chi connectivity index (χ0v) is 15.3. The minimum absolute atomic E-state index is 0.105. The highest BCUT2D eigenvalue weighted by Crippen LogP contribution is 2.38. The van der Waals surface area contributed by atoms with Crippen molar-refractivity contribution in [3.8, 4) is 11.5 Å². The second-order valence-corrected chi connectivity index (χ2v) is 7.49. The van der Waals surface area contributed by atoms with Crippen LogP contribution in [0.5, 0.6) is 11.5 Å². The average molecular weight is 339 g/mol. The molecule has 2 aliphatic rings. The highest BCUT2D eigenvalue weighted by molar-refractivity contribution is 6.30. The topological polar surface area (TPSA) is 24.9 Å². The molecule has 0 aromatic heterocycles. The molecule has 2 fully saturated rings. The molecule has 0 amide bonds. The number of hydrogen-bond donors (Lipinski definition) is 0. The van der Waals surface area contributed by atoms with Crippen molar-refractivity contribution in [1.29, 1.82) is 0 Å². The van der Waals surface area contributed by atoms with Crippen molar-refractivity contribution < 1.29 is 9.47 Å². The number of halogens is 1. The Balaban J connectivity index is 1.80. The molecule has 2 heterocycles. The van der Waals surface area contributed by atoms with Crippen molar-refractivity contribution in [2.75, 3.05) is 33.8 Å². The fourth-order valence-electron chi connectivity index (χ4n) is 3.89. The molecule has 0 unspecified atom stereocenters. The van der Waals surface area contributed by atoms with Gasteiger partial charge in [-0.05, 0) is 45.8 Å². The molecule has 0 N–H and O–H groups in total. The quantitative estimate of drug-likeness (QED) is 0.822. The van der Waals surface area contributed by atoms with E-state index in [-0.39, 0.29) is 6.10 Å². The highest BCUT2D eigenvalue weighted by atomic mass is 35.5. The van der Waals surface area contributed by atoms with E-state index in [1.807, 2.05) is 26.0 Å². The number of likely N-dealkylation sites (tertiary alicyclic amines) is 2. The Morgan fingerprint density at radius 1 is 1.30 bits per heavy atom. The lowest BCUT2D eigenvalue weighted by Gasteiger charge is -2.23. The fourth-order valence-corrected chi connectivity index (χ4v) is 4.12. The molecular weight excluding hydrogens is 312 g/mol. The van der Waals surface area contributed by atoms with E-state index in [1.165, 1.54) is 13.0 Å². The van der Waals surface area contributed by atoms with E-state index in [2.05, 4.69) is 16.8 Å². The summed E-state index contributed by atoms with van der Waals surface area (Å²) >= 11 is 6.28. The van der Waals surface area contributed by atoms with Crippen LogP contribution in [-0.4, -0.2) is 55.7 Å². The summed E-state index contributed by atoms with van der Waals surface area (Å²) in [7, 11) is 3.90. The highest BCUT2D eigenvalue weighted by Gasteiger charge is 2.39. The van der Waals surface area contributed by atoms with E-state index in [1.54, 1.807) is 7.11 Å². The second kappa shape index (κ2) is 6.88. The predicted molar refractivity (Wildman–Crippen MR) is 93.6 cm³/mol. The first kappa shape index (κ1) is 16.9. The first-order valence-electron chi connectivity index (χ1n) is 8.43. The zero-order valence-electron chi connectivity index (χ0n) is 14.5. The van der Waals surface area contributed by atoms with Crippen LogP contribution in [0.2, 0.25) is 5.02 Å². The van der Waals surface area contributed by atoms with Gasteiger partial charge in [-0.2, -0.15) is 0 Å². The second-order valence-electron chi connectivity index (χ2n) is 7.05. The van der Waals surface area contributed by atoms with E-state index < -0.39 is 0 Å². The lowest BCUT2D eigenvalue weighted by atomic mass is 10.1. The van der Waals surface area contributed by atoms with Crippen LogP contribution in [0.25, 0.3) is 0 Å². The molecule has 2 saturated heterocycles. The van der Waals surface area contributed by atoms with Crippen LogP contribution in [0.4, 0.5) is 0 Å². The minimum atomic E-state index is 0.105. The third-order valence-electron chi connectivity index (χ3n) is 4.96. The van der Waals surface area contributed by atoms with E-state index in [0.717, 1.165) is 42.6 Å². The maximum atomic E-state index is 6.28. The molecule has 0 spiro atoms. The Morgan fingerprint density at radius 2 is 2.09 bits per heavy atom. The van der Waals surface area contributed by atoms with E-state index in [0.29, 0.717) is 11.1 Å². The molecule has 5 heteroatoms. The van der Waals surface area contributed by atoms with E-state index >= 15 is 0 Å². The van der Waals surface area contributed by atoms with Gasteiger partial charge >= 0.3 is 0 Å². The Morgan fingerprint density at radius 3 is 2.74 bits per heavy atom. The first-order chi connectivity index (χ1) is 11.0. The molecule has 1 aromatic carbocycles. The smallest absolute Gasteiger partial charge is 0.166 e. The number of fused-ring (bicyclic) bond motifs is 1. The summed E-state index contributed by atoms with van der Waals surface area (Å²) in [4.78, 5) is 5.01. The van der Waals surface area contributed by atoms with Crippen LogP contribution in [0.3, 0.4) is 0 Å². The van der Waals surface area contributed by atoms with Crippen LogP contribution in [0.1, 0.15) is 25.8 Å². The molecular formula is C18H27ClN2O2. The molecule has 0 aliphatic carbocycles. The van der Waals surface area contributed by atoms with Crippen molar-refractivity contribution in [2.45, 2.75) is 39.0 Å². The number of nitrogens with zero attached hydrogens (tertiary/aromatic N) is 2. The summed E-state index contributed by atoms with van der Waals surface area (Å²) in [6.45, 7) is 8.44. The van der Waals surface area contributed by atoms with Gasteiger partial charge in [0.15, 0.2) is 11.5 Å². The Kier molecular flexibility index (Phi) is 5.04. The molecule has 3 rings (SSSR count). The average Bonchev–Trinajstić information content (AvgIpc) is 3.03. The summed E-state index contributed by atoms with van der Waals surface area (Å²) in [5, 5.41) is 0.699. The van der Waals surface area contributed by atoms with Gasteiger partial charge in [-0.25, -0.2) is 0 Å². The standard InChI is InChI=1S/C18H27ClN2O2/c1-12(2)23-18-14(7-15(19)8-17(18)22-4)10-21-9-13-5-6-20(3)16(13)11-21/h7-8,12-13,16H,5-6,9-11H2,1-4H3/t13-,16+/m0/s1. The first-order valence-corrected chi connectivity index (χ1v) is 8.81. The molecule has 1 aromatic rings. The van der Waals surface area contributed by atoms with Crippen LogP contribution >= 0.6 is 11.6 Å². The van der Waals surface area contributed by atoms with Crippen LogP contribution < -0.4 is 9.47 Å². The summed E-state index contributed by atoms with van der Waals surface area (Å²) in [5.41, 5.74) is 1.12.